The zero-order chi connectivity index (χ0) is 33.3. The van der Waals surface area contributed by atoms with Crippen LogP contribution in [0.4, 0.5) is 0 Å². The van der Waals surface area contributed by atoms with Crippen LogP contribution in [0.5, 0.6) is 5.75 Å². The third-order valence-electron chi connectivity index (χ3n) is 7.99. The van der Waals surface area contributed by atoms with E-state index >= 15 is 0 Å². The Bertz CT molecular complexity index is 1460. The number of hydrogen-bond donors (Lipinski definition) is 1. The highest BCUT2D eigenvalue weighted by molar-refractivity contribution is 7.91. The lowest BCUT2D eigenvalue weighted by Gasteiger charge is -2.23. The van der Waals surface area contributed by atoms with Crippen molar-refractivity contribution in [1.82, 2.24) is 10.4 Å². The maximum atomic E-state index is 13.0. The number of ether oxygens (including phenoxy) is 3. The molecule has 0 saturated carbocycles. The van der Waals surface area contributed by atoms with Crippen LogP contribution in [-0.4, -0.2) is 77.8 Å². The maximum Gasteiger partial charge on any atom is 0.243 e. The molecular formula is C36H47ClN2O7S. The number of nitrogens with one attached hydrogen (secondary N) is 1. The van der Waals surface area contributed by atoms with Gasteiger partial charge in [0, 0.05) is 38.1 Å². The number of carbonyl (C=O) groups is 1. The van der Waals surface area contributed by atoms with Crippen LogP contribution in [0, 0.1) is 0 Å². The smallest absolute Gasteiger partial charge is 0.243 e. The van der Waals surface area contributed by atoms with Gasteiger partial charge in [0.05, 0.1) is 23.9 Å². The van der Waals surface area contributed by atoms with Crippen molar-refractivity contribution in [3.8, 4) is 16.9 Å². The molecule has 1 amide bonds. The molecule has 1 atom stereocenters. The first-order chi connectivity index (χ1) is 22.8. The highest BCUT2D eigenvalue weighted by Crippen LogP contribution is 2.23. The van der Waals surface area contributed by atoms with Gasteiger partial charge < -0.3 is 19.1 Å². The number of methoxy groups -OCH3 is 1. The summed E-state index contributed by atoms with van der Waals surface area (Å²) in [5.41, 5.74) is 5.98. The summed E-state index contributed by atoms with van der Waals surface area (Å²) >= 11 is 6.02. The van der Waals surface area contributed by atoms with Gasteiger partial charge in [0.25, 0.3) is 0 Å². The molecule has 1 aliphatic rings. The van der Waals surface area contributed by atoms with Crippen LogP contribution in [0.25, 0.3) is 11.1 Å². The third kappa shape index (κ3) is 13.2. The van der Waals surface area contributed by atoms with E-state index in [4.69, 9.17) is 30.6 Å². The predicted octanol–water partition coefficient (Wildman–Crippen LogP) is 6.49. The lowest BCUT2D eigenvalue weighted by atomic mass is 10.0. The van der Waals surface area contributed by atoms with Crippen molar-refractivity contribution < 1.29 is 32.3 Å². The summed E-state index contributed by atoms with van der Waals surface area (Å²) in [7, 11) is -1.81. The van der Waals surface area contributed by atoms with Gasteiger partial charge in [-0.2, -0.15) is 0 Å². The van der Waals surface area contributed by atoms with Crippen molar-refractivity contribution in [3.05, 3.63) is 83.4 Å². The van der Waals surface area contributed by atoms with Crippen LogP contribution >= 0.6 is 11.6 Å². The average molecular weight is 687 g/mol. The topological polar surface area (TPSA) is 103 Å². The lowest BCUT2D eigenvalue weighted by Crippen LogP contribution is -2.34. The Morgan fingerprint density at radius 3 is 2.47 bits per heavy atom. The molecule has 1 heterocycles. The zero-order valence-electron chi connectivity index (χ0n) is 27.2. The molecular weight excluding hydrogens is 640 g/mol. The Morgan fingerprint density at radius 1 is 0.936 bits per heavy atom. The molecule has 0 spiro atoms. The molecule has 4 rings (SSSR count). The van der Waals surface area contributed by atoms with E-state index in [1.807, 2.05) is 24.3 Å². The molecule has 3 aromatic carbocycles. The number of hydroxylamine groups is 1. The van der Waals surface area contributed by atoms with E-state index in [1.165, 1.54) is 5.56 Å². The number of sulfone groups is 1. The second-order valence-electron chi connectivity index (χ2n) is 11.7. The minimum atomic E-state index is -3.45. The van der Waals surface area contributed by atoms with Crippen LogP contribution in [0.15, 0.2) is 77.7 Å². The Kier molecular flexibility index (Phi) is 15.5. The summed E-state index contributed by atoms with van der Waals surface area (Å²) in [5, 5.41) is 0.719. The van der Waals surface area contributed by atoms with Gasteiger partial charge in [0.1, 0.15) is 5.75 Å². The van der Waals surface area contributed by atoms with Gasteiger partial charge in [-0.3, -0.25) is 4.79 Å². The molecule has 0 aromatic heterocycles. The minimum Gasteiger partial charge on any atom is -0.494 e. The quantitative estimate of drug-likeness (QED) is 0.106. The lowest BCUT2D eigenvalue weighted by molar-refractivity contribution is -0.200. The highest BCUT2D eigenvalue weighted by atomic mass is 35.5. The summed E-state index contributed by atoms with van der Waals surface area (Å²) in [4.78, 5) is 19.9. The molecule has 9 nitrogen and oxygen atoms in total. The molecule has 0 aliphatic carbocycles. The molecule has 11 heteroatoms. The van der Waals surface area contributed by atoms with Gasteiger partial charge in [-0.05, 0) is 105 Å². The zero-order valence-corrected chi connectivity index (χ0v) is 28.8. The number of aryl methyl sites for hydroxylation is 1. The fourth-order valence-corrected chi connectivity index (χ4v) is 6.78. The number of hydrogen-bond acceptors (Lipinski definition) is 8. The van der Waals surface area contributed by atoms with Gasteiger partial charge in [0.2, 0.25) is 5.91 Å². The van der Waals surface area contributed by atoms with E-state index in [9.17, 15) is 13.2 Å². The summed E-state index contributed by atoms with van der Waals surface area (Å²) in [6.07, 6.45) is 5.52. The number of rotatable bonds is 20. The first kappa shape index (κ1) is 36.8. The molecule has 47 heavy (non-hydrogen) atoms. The Hall–Kier alpha value is -2.99. The molecule has 0 bridgehead atoms. The Morgan fingerprint density at radius 2 is 1.72 bits per heavy atom. The van der Waals surface area contributed by atoms with Gasteiger partial charge in [-0.15, -0.1) is 0 Å². The molecule has 1 aliphatic heterocycles. The van der Waals surface area contributed by atoms with Crippen LogP contribution in [0.3, 0.4) is 0 Å². The summed E-state index contributed by atoms with van der Waals surface area (Å²) < 4.78 is 42.7. The summed E-state index contributed by atoms with van der Waals surface area (Å²) in [6, 6.07) is 22.9. The van der Waals surface area contributed by atoms with E-state index in [0.29, 0.717) is 64.5 Å². The van der Waals surface area contributed by atoms with Crippen LogP contribution in [-0.2, 0) is 35.4 Å². The van der Waals surface area contributed by atoms with E-state index in [-0.39, 0.29) is 22.8 Å². The molecule has 0 radical (unpaired) electrons. The third-order valence-corrected chi connectivity index (χ3v) is 10.1. The van der Waals surface area contributed by atoms with Gasteiger partial charge in [-0.1, -0.05) is 48.0 Å². The monoisotopic (exact) mass is 686 g/mol. The second-order valence-corrected chi connectivity index (χ2v) is 14.2. The van der Waals surface area contributed by atoms with Crippen molar-refractivity contribution in [2.75, 3.05) is 52.3 Å². The molecule has 1 N–H and O–H groups in total. The maximum absolute atomic E-state index is 13.0. The standard InChI is InChI=1S/C36H47ClN2O7S/c1-43-26-23-39(21-5-11-35(40)38-46-36-12-2-3-24-45-36)22-7-27-47(41,42)34-19-17-33(18-20-34)44-25-6-9-29-8-4-10-31(28-29)30-13-15-32(37)16-14-30/h4,8,10,13-20,28,36H,2-3,5-7,9,11-12,21-27H2,1H3,(H,38,40). The number of carbonyl (C=O) groups excluding carboxylic acids is 1. The van der Waals surface area contributed by atoms with Gasteiger partial charge >= 0.3 is 0 Å². The second kappa shape index (κ2) is 19.7. The SMILES string of the molecule is COCCN(CCCC(=O)NOC1CCCCO1)CCCS(=O)(=O)c1ccc(OCCCc2cccc(-c3ccc(Cl)cc3)c2)cc1. The van der Waals surface area contributed by atoms with Crippen molar-refractivity contribution in [3.63, 3.8) is 0 Å². The molecule has 256 valence electrons. The number of halogens is 1. The number of nitrogens with zero attached hydrogens (tertiary/aromatic N) is 1. The fourth-order valence-electron chi connectivity index (χ4n) is 5.36. The molecule has 1 unspecified atom stereocenters. The van der Waals surface area contributed by atoms with E-state index < -0.39 is 9.84 Å². The Balaban J connectivity index is 1.15. The normalized spacial score (nSPS) is 15.1. The summed E-state index contributed by atoms with van der Waals surface area (Å²) in [5.74, 6) is 0.479. The van der Waals surface area contributed by atoms with Crippen molar-refractivity contribution in [2.24, 2.45) is 0 Å². The Labute approximate surface area is 284 Å². The van der Waals surface area contributed by atoms with Gasteiger partial charge in [0.15, 0.2) is 16.1 Å². The van der Waals surface area contributed by atoms with Crippen LogP contribution in [0.2, 0.25) is 5.02 Å². The average Bonchev–Trinajstić information content (AvgIpc) is 3.09. The molecule has 1 fully saturated rings. The minimum absolute atomic E-state index is 0.0293. The highest BCUT2D eigenvalue weighted by Gasteiger charge is 2.17. The van der Waals surface area contributed by atoms with Crippen molar-refractivity contribution in [2.45, 2.75) is 62.6 Å². The fraction of sp³-hybridized carbons (Fsp3) is 0.472. The number of benzene rings is 3. The van der Waals surface area contributed by atoms with Crippen LogP contribution < -0.4 is 10.2 Å². The largest absolute Gasteiger partial charge is 0.494 e. The predicted molar refractivity (Wildman–Crippen MR) is 184 cm³/mol. The number of amides is 1. The summed E-state index contributed by atoms with van der Waals surface area (Å²) in [6.45, 7) is 3.59. The molecule has 1 saturated heterocycles. The first-order valence-corrected chi connectivity index (χ1v) is 18.4. The van der Waals surface area contributed by atoms with E-state index in [2.05, 4.69) is 34.6 Å². The first-order valence-electron chi connectivity index (χ1n) is 16.4. The van der Waals surface area contributed by atoms with Crippen molar-refractivity contribution in [1.29, 1.82) is 0 Å². The van der Waals surface area contributed by atoms with Crippen LogP contribution in [0.1, 0.15) is 50.5 Å². The van der Waals surface area contributed by atoms with E-state index in [0.717, 1.165) is 48.3 Å². The van der Waals surface area contributed by atoms with Crippen molar-refractivity contribution >= 4 is 27.3 Å². The van der Waals surface area contributed by atoms with E-state index in [1.54, 1.807) is 31.4 Å². The molecule has 3 aromatic rings. The van der Waals surface area contributed by atoms with Gasteiger partial charge in [-0.25, -0.2) is 18.7 Å².